The Bertz CT molecular complexity index is 1230. The Morgan fingerprint density at radius 2 is 1.85 bits per heavy atom. The van der Waals surface area contributed by atoms with E-state index >= 15 is 0 Å². The molecule has 8 nitrogen and oxygen atoms in total. The lowest BCUT2D eigenvalue weighted by Crippen LogP contribution is -2.38. The van der Waals surface area contributed by atoms with Crippen molar-refractivity contribution in [3.05, 3.63) is 75.7 Å². The average Bonchev–Trinajstić information content (AvgIpc) is 3.21. The minimum atomic E-state index is -4.34. The monoisotopic (exact) mass is 503 g/mol. The summed E-state index contributed by atoms with van der Waals surface area (Å²) in [5, 5.41) is 5.89. The summed E-state index contributed by atoms with van der Waals surface area (Å²) < 4.78 is 38.3. The second-order valence-electron chi connectivity index (χ2n) is 8.96. The molecule has 1 aromatic heterocycles. The first kappa shape index (κ1) is 25.7. The van der Waals surface area contributed by atoms with Crippen LogP contribution in [-0.4, -0.2) is 31.0 Å². The molecule has 0 radical (unpaired) electrons. The molecule has 0 fully saturated rings. The van der Waals surface area contributed by atoms with Crippen LogP contribution in [0, 0.1) is 5.41 Å². The fraction of sp³-hybridized carbons (Fsp3) is 0.333. The van der Waals surface area contributed by atoms with Crippen LogP contribution in [0.25, 0.3) is 0 Å². The van der Waals surface area contributed by atoms with Gasteiger partial charge in [0.05, 0.1) is 24.5 Å². The standard InChI is InChI=1S/C24H29N3O5S2/c1-24(2,3)23(28)26-21(14-16-8-10-18(11-9-16)27-34(29,30)31)22-25-19(15-33-22)12-17-6-5-7-20(13-17)32-4/h5-11,13,15,21,27H,12,14H2,1-4H3,(H,26,28)(H,29,30,31)/t21-/m0/s1. The molecule has 1 atom stereocenters. The minimum absolute atomic E-state index is 0.0910. The molecular weight excluding hydrogens is 474 g/mol. The van der Waals surface area contributed by atoms with Crippen molar-refractivity contribution in [2.45, 2.75) is 39.7 Å². The van der Waals surface area contributed by atoms with Gasteiger partial charge in [-0.3, -0.25) is 14.1 Å². The van der Waals surface area contributed by atoms with Gasteiger partial charge in [0.2, 0.25) is 5.91 Å². The molecule has 3 aromatic rings. The molecule has 34 heavy (non-hydrogen) atoms. The normalized spacial score (nSPS) is 12.7. The predicted molar refractivity (Wildman–Crippen MR) is 134 cm³/mol. The van der Waals surface area contributed by atoms with Crippen molar-refractivity contribution in [1.82, 2.24) is 10.3 Å². The predicted octanol–water partition coefficient (Wildman–Crippen LogP) is 4.40. The van der Waals surface area contributed by atoms with E-state index in [9.17, 15) is 13.2 Å². The molecule has 0 spiro atoms. The molecular formula is C24H29N3O5S2. The number of aromatic nitrogens is 1. The van der Waals surface area contributed by atoms with Crippen molar-refractivity contribution in [2.75, 3.05) is 11.8 Å². The van der Waals surface area contributed by atoms with Crippen LogP contribution in [0.4, 0.5) is 5.69 Å². The summed E-state index contributed by atoms with van der Waals surface area (Å²) in [5.41, 5.74) is 2.53. The summed E-state index contributed by atoms with van der Waals surface area (Å²) >= 11 is 1.49. The molecule has 182 valence electrons. The zero-order chi connectivity index (χ0) is 24.9. The number of rotatable bonds is 9. The Balaban J connectivity index is 1.81. The summed E-state index contributed by atoms with van der Waals surface area (Å²) in [6.07, 6.45) is 1.11. The van der Waals surface area contributed by atoms with Crippen molar-refractivity contribution >= 4 is 33.2 Å². The van der Waals surface area contributed by atoms with Gasteiger partial charge in [-0.1, -0.05) is 45.0 Å². The maximum atomic E-state index is 12.8. The third-order valence-corrected chi connectivity index (χ3v) is 6.51. The van der Waals surface area contributed by atoms with Crippen LogP contribution in [-0.2, 0) is 27.9 Å². The number of nitrogens with zero attached hydrogens (tertiary/aromatic N) is 1. The van der Waals surface area contributed by atoms with E-state index in [4.69, 9.17) is 14.3 Å². The lowest BCUT2D eigenvalue weighted by Gasteiger charge is -2.23. The molecule has 0 saturated heterocycles. The Hall–Kier alpha value is -2.95. The van der Waals surface area contributed by atoms with Crippen LogP contribution in [0.5, 0.6) is 5.75 Å². The van der Waals surface area contributed by atoms with Gasteiger partial charge in [-0.25, -0.2) is 4.98 Å². The minimum Gasteiger partial charge on any atom is -0.497 e. The summed E-state index contributed by atoms with van der Waals surface area (Å²) in [5.74, 6) is 0.696. The Morgan fingerprint density at radius 1 is 1.15 bits per heavy atom. The van der Waals surface area contributed by atoms with Crippen LogP contribution < -0.4 is 14.8 Å². The fourth-order valence-electron chi connectivity index (χ4n) is 3.22. The highest BCUT2D eigenvalue weighted by molar-refractivity contribution is 7.87. The highest BCUT2D eigenvalue weighted by Crippen LogP contribution is 2.27. The van der Waals surface area contributed by atoms with E-state index in [-0.39, 0.29) is 17.6 Å². The molecule has 0 aliphatic heterocycles. The Kier molecular flexibility index (Phi) is 7.96. The number of amides is 1. The van der Waals surface area contributed by atoms with Gasteiger partial charge in [-0.15, -0.1) is 11.3 Å². The molecule has 10 heteroatoms. The lowest BCUT2D eigenvalue weighted by molar-refractivity contribution is -0.129. The van der Waals surface area contributed by atoms with Gasteiger partial charge in [-0.2, -0.15) is 8.42 Å². The second-order valence-corrected chi connectivity index (χ2v) is 11.0. The fourth-order valence-corrected chi connectivity index (χ4v) is 4.53. The third-order valence-electron chi connectivity index (χ3n) is 5.01. The zero-order valence-corrected chi connectivity index (χ0v) is 21.2. The van der Waals surface area contributed by atoms with Gasteiger partial charge in [0.25, 0.3) is 0 Å². The number of carbonyl (C=O) groups excluding carboxylic acids is 1. The molecule has 3 N–H and O–H groups in total. The van der Waals surface area contributed by atoms with E-state index in [0.29, 0.717) is 12.8 Å². The van der Waals surface area contributed by atoms with Crippen LogP contribution in [0.1, 0.15) is 48.6 Å². The highest BCUT2D eigenvalue weighted by Gasteiger charge is 2.26. The van der Waals surface area contributed by atoms with E-state index in [2.05, 4.69) is 5.32 Å². The molecule has 0 unspecified atom stereocenters. The smallest absolute Gasteiger partial charge is 0.357 e. The highest BCUT2D eigenvalue weighted by atomic mass is 32.2. The number of hydrogen-bond donors (Lipinski definition) is 3. The molecule has 0 saturated carbocycles. The molecule has 2 aromatic carbocycles. The van der Waals surface area contributed by atoms with Crippen molar-refractivity contribution < 1.29 is 22.5 Å². The lowest BCUT2D eigenvalue weighted by atomic mass is 9.94. The van der Waals surface area contributed by atoms with Gasteiger partial charge in [0.1, 0.15) is 10.8 Å². The summed E-state index contributed by atoms with van der Waals surface area (Å²) in [6.45, 7) is 5.56. The van der Waals surface area contributed by atoms with Crippen molar-refractivity contribution in [2.24, 2.45) is 5.41 Å². The molecule has 3 rings (SSSR count). The van der Waals surface area contributed by atoms with Gasteiger partial charge >= 0.3 is 10.3 Å². The quantitative estimate of drug-likeness (QED) is 0.373. The number of nitrogens with one attached hydrogen (secondary N) is 2. The number of methoxy groups -OCH3 is 1. The third kappa shape index (κ3) is 7.54. The first-order valence-corrected chi connectivity index (χ1v) is 13.0. The molecule has 1 heterocycles. The van der Waals surface area contributed by atoms with Crippen LogP contribution in [0.15, 0.2) is 53.9 Å². The van der Waals surface area contributed by atoms with Gasteiger partial charge in [-0.05, 0) is 41.8 Å². The maximum absolute atomic E-state index is 12.8. The average molecular weight is 504 g/mol. The molecule has 1 amide bonds. The zero-order valence-electron chi connectivity index (χ0n) is 19.5. The SMILES string of the molecule is COc1cccc(Cc2csc([C@H](Cc3ccc(NS(=O)(=O)O)cc3)NC(=O)C(C)(C)C)n2)c1. The topological polar surface area (TPSA) is 118 Å². The van der Waals surface area contributed by atoms with Gasteiger partial charge in [0.15, 0.2) is 0 Å². The summed E-state index contributed by atoms with van der Waals surface area (Å²) in [6, 6.07) is 14.1. The molecule has 0 aliphatic rings. The van der Waals surface area contributed by atoms with Crippen LogP contribution in [0.3, 0.4) is 0 Å². The summed E-state index contributed by atoms with van der Waals surface area (Å²) in [7, 11) is -2.71. The van der Waals surface area contributed by atoms with Crippen LogP contribution in [0.2, 0.25) is 0 Å². The maximum Gasteiger partial charge on any atom is 0.357 e. The molecule has 0 aliphatic carbocycles. The van der Waals surface area contributed by atoms with E-state index in [1.54, 1.807) is 31.4 Å². The first-order chi connectivity index (χ1) is 15.9. The summed E-state index contributed by atoms with van der Waals surface area (Å²) in [4.78, 5) is 17.6. The van der Waals surface area contributed by atoms with Crippen LogP contribution >= 0.6 is 11.3 Å². The van der Waals surface area contributed by atoms with Gasteiger partial charge < -0.3 is 10.1 Å². The number of thiazole rings is 1. The van der Waals surface area contributed by atoms with Crippen molar-refractivity contribution in [3.63, 3.8) is 0 Å². The van der Waals surface area contributed by atoms with E-state index in [1.165, 1.54) is 11.3 Å². The van der Waals surface area contributed by atoms with E-state index in [1.807, 2.05) is 55.1 Å². The van der Waals surface area contributed by atoms with Crippen molar-refractivity contribution in [3.8, 4) is 5.75 Å². The largest absolute Gasteiger partial charge is 0.497 e. The van der Waals surface area contributed by atoms with E-state index < -0.39 is 15.7 Å². The number of hydrogen-bond acceptors (Lipinski definition) is 6. The number of carbonyl (C=O) groups is 1. The number of anilines is 1. The Morgan fingerprint density at radius 3 is 2.47 bits per heavy atom. The van der Waals surface area contributed by atoms with E-state index in [0.717, 1.165) is 27.6 Å². The van der Waals surface area contributed by atoms with Gasteiger partial charge in [0, 0.05) is 17.2 Å². The number of ether oxygens (including phenoxy) is 1. The molecule has 0 bridgehead atoms. The van der Waals surface area contributed by atoms with Crippen molar-refractivity contribution in [1.29, 1.82) is 0 Å². The Labute approximate surface area is 204 Å². The second kappa shape index (κ2) is 10.5. The number of benzene rings is 2. The first-order valence-electron chi connectivity index (χ1n) is 10.7.